The molecular weight excluding hydrogens is 354 g/mol. The van der Waals surface area contributed by atoms with E-state index in [1.807, 2.05) is 36.2 Å². The number of carbonyl (C=O) groups excluding carboxylic acids is 2. The largest absolute Gasteiger partial charge is 0.359 e. The summed E-state index contributed by atoms with van der Waals surface area (Å²) in [7, 11) is 1.94. The number of hydrogen-bond acceptors (Lipinski definition) is 6. The summed E-state index contributed by atoms with van der Waals surface area (Å²) in [6.07, 6.45) is 7.19. The average Bonchev–Trinajstić information content (AvgIpc) is 2.76. The van der Waals surface area contributed by atoms with E-state index in [4.69, 9.17) is 0 Å². The van der Waals surface area contributed by atoms with Crippen LogP contribution in [0.2, 0.25) is 0 Å². The van der Waals surface area contributed by atoms with E-state index in [-0.39, 0.29) is 12.1 Å². The second kappa shape index (κ2) is 9.36. The molecule has 7 nitrogen and oxygen atoms in total. The summed E-state index contributed by atoms with van der Waals surface area (Å²) in [5.74, 6) is -0.520. The van der Waals surface area contributed by atoms with Crippen LogP contribution in [0.4, 0.5) is 5.82 Å². The minimum absolute atomic E-state index is 0.210. The predicted octanol–water partition coefficient (Wildman–Crippen LogP) is 2.05. The number of ketones is 1. The average molecular weight is 375 g/mol. The van der Waals surface area contributed by atoms with Crippen LogP contribution in [0.3, 0.4) is 0 Å². The molecule has 0 atom stereocenters. The van der Waals surface area contributed by atoms with Crippen LogP contribution >= 0.6 is 0 Å². The highest BCUT2D eigenvalue weighted by atomic mass is 16.2. The fraction of sp³-hybridized carbons (Fsp3) is 0.190. The number of Topliss-reactive ketones (excluding diaryl/α,β-unsaturated/α-hetero) is 1. The number of rotatable bonds is 8. The van der Waals surface area contributed by atoms with Crippen molar-refractivity contribution in [2.75, 3.05) is 18.5 Å². The first-order valence-corrected chi connectivity index (χ1v) is 8.92. The first-order valence-electron chi connectivity index (χ1n) is 8.92. The van der Waals surface area contributed by atoms with Crippen LogP contribution in [0.25, 0.3) is 0 Å². The van der Waals surface area contributed by atoms with Crippen molar-refractivity contribution >= 4 is 17.5 Å². The zero-order valence-electron chi connectivity index (χ0n) is 15.6. The van der Waals surface area contributed by atoms with Gasteiger partial charge in [0.1, 0.15) is 5.82 Å². The van der Waals surface area contributed by atoms with Crippen LogP contribution in [0.1, 0.15) is 21.6 Å². The Morgan fingerprint density at radius 2 is 1.82 bits per heavy atom. The predicted molar refractivity (Wildman–Crippen MR) is 106 cm³/mol. The van der Waals surface area contributed by atoms with Crippen molar-refractivity contribution in [2.45, 2.75) is 13.0 Å². The summed E-state index contributed by atoms with van der Waals surface area (Å²) < 4.78 is 0. The number of pyridine rings is 3. The maximum absolute atomic E-state index is 12.2. The van der Waals surface area contributed by atoms with Crippen molar-refractivity contribution in [1.82, 2.24) is 20.3 Å². The van der Waals surface area contributed by atoms with E-state index in [2.05, 4.69) is 20.3 Å². The van der Waals surface area contributed by atoms with Crippen molar-refractivity contribution in [1.29, 1.82) is 0 Å². The van der Waals surface area contributed by atoms with E-state index in [0.717, 1.165) is 30.0 Å². The fourth-order valence-corrected chi connectivity index (χ4v) is 2.73. The first-order chi connectivity index (χ1) is 13.6. The molecule has 0 saturated heterocycles. The number of likely N-dealkylation sites (N-methyl/N-ethyl adjacent to an activating group) is 1. The van der Waals surface area contributed by atoms with Gasteiger partial charge in [-0.1, -0.05) is 12.1 Å². The summed E-state index contributed by atoms with van der Waals surface area (Å²) in [5, 5.41) is 2.67. The van der Waals surface area contributed by atoms with Crippen LogP contribution in [0.15, 0.2) is 67.3 Å². The lowest BCUT2D eigenvalue weighted by Gasteiger charge is -2.21. The van der Waals surface area contributed by atoms with E-state index in [1.54, 1.807) is 36.8 Å². The van der Waals surface area contributed by atoms with Crippen molar-refractivity contribution in [3.05, 3.63) is 84.1 Å². The Morgan fingerprint density at radius 3 is 2.57 bits per heavy atom. The lowest BCUT2D eigenvalue weighted by Crippen LogP contribution is -2.32. The zero-order valence-corrected chi connectivity index (χ0v) is 15.6. The molecule has 142 valence electrons. The molecule has 3 aromatic heterocycles. The molecule has 3 heterocycles. The van der Waals surface area contributed by atoms with Crippen LogP contribution in [0, 0.1) is 0 Å². The number of amides is 1. The SMILES string of the molecule is CN(CCc1ccccn1)c1ncccc1CNC(=O)C(=O)c1cccnc1. The fourth-order valence-electron chi connectivity index (χ4n) is 2.73. The van der Waals surface area contributed by atoms with Gasteiger partial charge in [-0.05, 0) is 30.3 Å². The third-order valence-corrected chi connectivity index (χ3v) is 4.23. The number of anilines is 1. The molecule has 0 aliphatic heterocycles. The molecule has 0 fully saturated rings. The van der Waals surface area contributed by atoms with Crippen molar-refractivity contribution in [2.24, 2.45) is 0 Å². The van der Waals surface area contributed by atoms with Gasteiger partial charge >= 0.3 is 0 Å². The number of nitrogens with zero attached hydrogens (tertiary/aromatic N) is 4. The molecule has 0 aliphatic rings. The van der Waals surface area contributed by atoms with Crippen LogP contribution in [-0.4, -0.2) is 40.2 Å². The minimum Gasteiger partial charge on any atom is -0.359 e. The smallest absolute Gasteiger partial charge is 0.292 e. The van der Waals surface area contributed by atoms with Gasteiger partial charge in [-0.25, -0.2) is 4.98 Å². The molecule has 0 spiro atoms. The first kappa shape index (κ1) is 19.2. The van der Waals surface area contributed by atoms with Crippen LogP contribution in [0.5, 0.6) is 0 Å². The van der Waals surface area contributed by atoms with Gasteiger partial charge in [-0.3, -0.25) is 19.6 Å². The number of nitrogens with one attached hydrogen (secondary N) is 1. The van der Waals surface area contributed by atoms with E-state index < -0.39 is 11.7 Å². The standard InChI is InChI=1S/C21H21N5O2/c1-26(13-9-18-8-2-3-11-23-18)20-17(7-5-12-24-20)15-25-21(28)19(27)16-6-4-10-22-14-16/h2-8,10-12,14H,9,13,15H2,1H3,(H,25,28). The Balaban J connectivity index is 1.62. The Hall–Kier alpha value is -3.61. The van der Waals surface area contributed by atoms with E-state index in [1.165, 1.54) is 6.20 Å². The summed E-state index contributed by atoms with van der Waals surface area (Å²) in [4.78, 5) is 39.0. The van der Waals surface area contributed by atoms with Gasteiger partial charge in [0.05, 0.1) is 0 Å². The Kier molecular flexibility index (Phi) is 6.41. The number of carbonyl (C=O) groups is 2. The lowest BCUT2D eigenvalue weighted by molar-refractivity contribution is -0.117. The van der Waals surface area contributed by atoms with Gasteiger partial charge in [-0.15, -0.1) is 0 Å². The molecule has 1 N–H and O–H groups in total. The minimum atomic E-state index is -0.668. The van der Waals surface area contributed by atoms with Crippen LogP contribution in [-0.2, 0) is 17.8 Å². The van der Waals surface area contributed by atoms with Crippen molar-refractivity contribution in [3.8, 4) is 0 Å². The molecule has 0 bridgehead atoms. The quantitative estimate of drug-likeness (QED) is 0.479. The monoisotopic (exact) mass is 375 g/mol. The van der Waals surface area contributed by atoms with Gasteiger partial charge in [0.15, 0.2) is 0 Å². The highest BCUT2D eigenvalue weighted by molar-refractivity contribution is 6.42. The zero-order chi connectivity index (χ0) is 19.8. The third-order valence-electron chi connectivity index (χ3n) is 4.23. The molecule has 0 aromatic carbocycles. The molecule has 0 unspecified atom stereocenters. The topological polar surface area (TPSA) is 88.1 Å². The second-order valence-electron chi connectivity index (χ2n) is 6.23. The maximum atomic E-state index is 12.2. The normalized spacial score (nSPS) is 10.3. The van der Waals surface area contributed by atoms with Gasteiger partial charge in [-0.2, -0.15) is 0 Å². The van der Waals surface area contributed by atoms with E-state index >= 15 is 0 Å². The van der Waals surface area contributed by atoms with Crippen LogP contribution < -0.4 is 10.2 Å². The highest BCUT2D eigenvalue weighted by Gasteiger charge is 2.17. The van der Waals surface area contributed by atoms with Crippen molar-refractivity contribution in [3.63, 3.8) is 0 Å². The van der Waals surface area contributed by atoms with E-state index in [0.29, 0.717) is 0 Å². The van der Waals surface area contributed by atoms with E-state index in [9.17, 15) is 9.59 Å². The molecule has 0 radical (unpaired) electrons. The molecule has 28 heavy (non-hydrogen) atoms. The number of aromatic nitrogens is 3. The van der Waals surface area contributed by atoms with Gasteiger partial charge in [0.25, 0.3) is 11.7 Å². The number of hydrogen-bond donors (Lipinski definition) is 1. The summed E-state index contributed by atoms with van der Waals surface area (Å²) in [6, 6.07) is 12.7. The highest BCUT2D eigenvalue weighted by Crippen LogP contribution is 2.16. The Morgan fingerprint density at radius 1 is 1.00 bits per heavy atom. The molecule has 3 rings (SSSR count). The summed E-state index contributed by atoms with van der Waals surface area (Å²) >= 11 is 0. The molecule has 0 saturated carbocycles. The molecule has 1 amide bonds. The molecule has 7 heteroatoms. The Bertz CT molecular complexity index is 932. The van der Waals surface area contributed by atoms with Gasteiger partial charge in [0.2, 0.25) is 0 Å². The van der Waals surface area contributed by atoms with Gasteiger partial charge in [0, 0.05) is 68.2 Å². The second-order valence-corrected chi connectivity index (χ2v) is 6.23. The summed E-state index contributed by atoms with van der Waals surface area (Å²) in [6.45, 7) is 0.936. The van der Waals surface area contributed by atoms with Gasteiger partial charge < -0.3 is 10.2 Å². The molecule has 3 aromatic rings. The maximum Gasteiger partial charge on any atom is 0.292 e. The Labute approximate surface area is 163 Å². The lowest BCUT2D eigenvalue weighted by atomic mass is 10.1. The van der Waals surface area contributed by atoms with Crippen molar-refractivity contribution < 1.29 is 9.59 Å². The summed E-state index contributed by atoms with van der Waals surface area (Å²) in [5.41, 5.74) is 2.10. The third kappa shape index (κ3) is 4.97. The molecular formula is C21H21N5O2. The molecule has 0 aliphatic carbocycles.